The molecule has 0 aromatic heterocycles. The number of carbonyl (C=O) groups excluding carboxylic acids is 3. The number of nitrogens with zero attached hydrogens (tertiary/aromatic N) is 4. The number of hydrazone groups is 1. The number of hydrogen-bond acceptors (Lipinski definition) is 6. The van der Waals surface area contributed by atoms with Crippen LogP contribution >= 0.6 is 11.8 Å². The third-order valence-electron chi connectivity index (χ3n) is 5.75. The summed E-state index contributed by atoms with van der Waals surface area (Å²) >= 11 is 1.13. The maximum Gasteiger partial charge on any atom is 0.270 e. The van der Waals surface area contributed by atoms with Crippen LogP contribution in [0.1, 0.15) is 44.2 Å². The minimum atomic E-state index is -1.31. The highest BCUT2D eigenvalue weighted by Gasteiger charge is 2.61. The molecule has 3 aliphatic heterocycles. The maximum absolute atomic E-state index is 13.8. The van der Waals surface area contributed by atoms with Gasteiger partial charge >= 0.3 is 0 Å². The Morgan fingerprint density at radius 2 is 1.90 bits per heavy atom. The van der Waals surface area contributed by atoms with Gasteiger partial charge in [0.1, 0.15) is 0 Å². The summed E-state index contributed by atoms with van der Waals surface area (Å²) in [6.07, 6.45) is 3.64. The van der Waals surface area contributed by atoms with Crippen LogP contribution in [0, 0.1) is 6.92 Å². The van der Waals surface area contributed by atoms with E-state index in [1.54, 1.807) is 4.90 Å². The number of amides is 3. The number of thioether (sulfide) groups is 1. The van der Waals surface area contributed by atoms with Crippen LogP contribution in [0.3, 0.4) is 0 Å². The van der Waals surface area contributed by atoms with Gasteiger partial charge in [0.2, 0.25) is 16.7 Å². The molecule has 1 N–H and O–H groups in total. The van der Waals surface area contributed by atoms with E-state index in [9.17, 15) is 14.4 Å². The Morgan fingerprint density at radius 1 is 1.17 bits per heavy atom. The molecule has 1 spiro atoms. The Bertz CT molecular complexity index is 927. The Labute approximate surface area is 180 Å². The van der Waals surface area contributed by atoms with Crippen molar-refractivity contribution in [2.75, 3.05) is 31.1 Å². The zero-order valence-corrected chi connectivity index (χ0v) is 18.4. The van der Waals surface area contributed by atoms with Crippen LogP contribution in [0.5, 0.6) is 0 Å². The van der Waals surface area contributed by atoms with Gasteiger partial charge in [0.15, 0.2) is 5.17 Å². The molecular formula is C21H27N5O3S. The lowest BCUT2D eigenvalue weighted by molar-refractivity contribution is -0.139. The van der Waals surface area contributed by atoms with Gasteiger partial charge in [0.05, 0.1) is 5.69 Å². The van der Waals surface area contributed by atoms with Crippen molar-refractivity contribution in [2.24, 2.45) is 5.10 Å². The third-order valence-corrected chi connectivity index (χ3v) is 6.99. The standard InChI is InChI=1S/C21H27N5O3S/c1-14-7-8-18-17(13-14)21(26(16(3)28)23-20(30-21)22-15(2)27)19(29)25(18)12-11-24-9-5-4-6-10-24/h7-8,13H,4-6,9-12H2,1-3H3,(H,22,23,27)/t21-/m0/s1. The number of anilines is 1. The molecule has 9 heteroatoms. The van der Waals surface area contributed by atoms with Gasteiger partial charge in [-0.15, -0.1) is 5.10 Å². The minimum Gasteiger partial charge on any atom is -0.308 e. The molecule has 0 saturated carbocycles. The molecule has 8 nitrogen and oxygen atoms in total. The topological polar surface area (TPSA) is 85.3 Å². The van der Waals surface area contributed by atoms with Crippen molar-refractivity contribution in [3.63, 3.8) is 0 Å². The fourth-order valence-corrected chi connectivity index (χ4v) is 5.70. The predicted molar refractivity (Wildman–Crippen MR) is 117 cm³/mol. The Balaban J connectivity index is 1.70. The summed E-state index contributed by atoms with van der Waals surface area (Å²) in [6, 6.07) is 5.87. The van der Waals surface area contributed by atoms with Gasteiger partial charge in [-0.25, -0.2) is 0 Å². The second kappa shape index (κ2) is 8.03. The first-order valence-electron chi connectivity index (χ1n) is 10.3. The zero-order valence-electron chi connectivity index (χ0n) is 17.6. The number of amidine groups is 1. The lowest BCUT2D eigenvalue weighted by atomic mass is 10.0. The summed E-state index contributed by atoms with van der Waals surface area (Å²) in [4.78, 5) is 40.8. The second-order valence-electron chi connectivity index (χ2n) is 8.04. The monoisotopic (exact) mass is 429 g/mol. The number of hydrogen-bond donors (Lipinski definition) is 1. The quantitative estimate of drug-likeness (QED) is 0.794. The molecule has 0 radical (unpaired) electrons. The van der Waals surface area contributed by atoms with Crippen LogP contribution in [0.15, 0.2) is 23.3 Å². The number of carbonyl (C=O) groups is 3. The van der Waals surface area contributed by atoms with E-state index in [-0.39, 0.29) is 22.9 Å². The van der Waals surface area contributed by atoms with Crippen LogP contribution in [0.4, 0.5) is 5.69 Å². The first-order valence-corrected chi connectivity index (χ1v) is 11.2. The van der Waals surface area contributed by atoms with E-state index < -0.39 is 4.87 Å². The van der Waals surface area contributed by atoms with Crippen molar-refractivity contribution in [3.8, 4) is 0 Å². The molecule has 3 aliphatic rings. The number of likely N-dealkylation sites (tertiary alicyclic amines) is 1. The highest BCUT2D eigenvalue weighted by Crippen LogP contribution is 2.54. The third kappa shape index (κ3) is 3.50. The van der Waals surface area contributed by atoms with Gasteiger partial charge in [-0.2, -0.15) is 5.01 Å². The van der Waals surface area contributed by atoms with E-state index in [0.29, 0.717) is 6.54 Å². The van der Waals surface area contributed by atoms with Gasteiger partial charge in [0.25, 0.3) is 5.91 Å². The van der Waals surface area contributed by atoms with Crippen LogP contribution in [-0.2, 0) is 19.3 Å². The van der Waals surface area contributed by atoms with Gasteiger partial charge < -0.3 is 15.1 Å². The van der Waals surface area contributed by atoms with Crippen molar-refractivity contribution in [2.45, 2.75) is 44.9 Å². The Hall–Kier alpha value is -2.39. The van der Waals surface area contributed by atoms with E-state index in [1.165, 1.54) is 38.1 Å². The second-order valence-corrected chi connectivity index (χ2v) is 9.22. The van der Waals surface area contributed by atoms with Gasteiger partial charge in [-0.05, 0) is 50.7 Å². The highest BCUT2D eigenvalue weighted by molar-refractivity contribution is 8.15. The average Bonchev–Trinajstić information content (AvgIpc) is 3.18. The molecule has 160 valence electrons. The number of rotatable bonds is 3. The first kappa shape index (κ1) is 20.9. The van der Waals surface area contributed by atoms with Crippen molar-refractivity contribution in [1.29, 1.82) is 0 Å². The van der Waals surface area contributed by atoms with E-state index in [0.717, 1.165) is 48.2 Å². The highest BCUT2D eigenvalue weighted by atomic mass is 32.2. The lowest BCUT2D eigenvalue weighted by Gasteiger charge is -2.31. The molecule has 1 aromatic carbocycles. The first-order chi connectivity index (χ1) is 14.3. The Kier molecular flexibility index (Phi) is 5.59. The number of piperidine rings is 1. The van der Waals surface area contributed by atoms with E-state index >= 15 is 0 Å². The average molecular weight is 430 g/mol. The molecule has 30 heavy (non-hydrogen) atoms. The number of nitrogens with one attached hydrogen (secondary N) is 1. The fourth-order valence-electron chi connectivity index (χ4n) is 4.37. The summed E-state index contributed by atoms with van der Waals surface area (Å²) in [5, 5.41) is 8.43. The van der Waals surface area contributed by atoms with Crippen molar-refractivity contribution >= 4 is 40.3 Å². The minimum absolute atomic E-state index is 0.190. The molecule has 1 aromatic rings. The molecule has 3 heterocycles. The number of fused-ring (bicyclic) bond motifs is 2. The zero-order chi connectivity index (χ0) is 21.5. The SMILES string of the molecule is CC(=O)NC1=NN(C(C)=O)[C@@]2(S1)C(=O)N(CCN1CCCCC1)c1ccc(C)cc12. The van der Waals surface area contributed by atoms with Crippen LogP contribution < -0.4 is 10.2 Å². The summed E-state index contributed by atoms with van der Waals surface area (Å²) in [7, 11) is 0. The number of benzene rings is 1. The van der Waals surface area contributed by atoms with Crippen molar-refractivity contribution < 1.29 is 14.4 Å². The summed E-state index contributed by atoms with van der Waals surface area (Å²) in [5.74, 6) is -0.829. The molecule has 0 aliphatic carbocycles. The largest absolute Gasteiger partial charge is 0.308 e. The van der Waals surface area contributed by atoms with E-state index in [1.807, 2.05) is 25.1 Å². The molecule has 1 fully saturated rings. The van der Waals surface area contributed by atoms with E-state index in [4.69, 9.17) is 0 Å². The van der Waals surface area contributed by atoms with Gasteiger partial charge in [0, 0.05) is 32.5 Å². The normalized spacial score (nSPS) is 23.7. The Morgan fingerprint density at radius 3 is 2.57 bits per heavy atom. The molecule has 4 rings (SSSR count). The molecular weight excluding hydrogens is 402 g/mol. The van der Waals surface area contributed by atoms with Crippen molar-refractivity contribution in [1.82, 2.24) is 15.2 Å². The smallest absolute Gasteiger partial charge is 0.270 e. The van der Waals surface area contributed by atoms with Crippen LogP contribution in [0.2, 0.25) is 0 Å². The van der Waals surface area contributed by atoms with Crippen LogP contribution in [-0.4, -0.2) is 59.0 Å². The molecule has 0 unspecified atom stereocenters. The molecule has 1 atom stereocenters. The lowest BCUT2D eigenvalue weighted by Crippen LogP contribution is -2.50. The maximum atomic E-state index is 13.8. The van der Waals surface area contributed by atoms with Crippen LogP contribution in [0.25, 0.3) is 0 Å². The summed E-state index contributed by atoms with van der Waals surface area (Å²) in [6.45, 7) is 8.18. The molecule has 1 saturated heterocycles. The summed E-state index contributed by atoms with van der Waals surface area (Å²) < 4.78 is 0. The predicted octanol–water partition coefficient (Wildman–Crippen LogP) is 1.98. The number of aryl methyl sites for hydroxylation is 1. The summed E-state index contributed by atoms with van der Waals surface area (Å²) in [5.41, 5.74) is 2.55. The molecule has 3 amide bonds. The van der Waals surface area contributed by atoms with E-state index in [2.05, 4.69) is 15.3 Å². The van der Waals surface area contributed by atoms with Gasteiger partial charge in [-0.3, -0.25) is 14.4 Å². The fraction of sp³-hybridized carbons (Fsp3) is 0.524. The van der Waals surface area contributed by atoms with Crippen molar-refractivity contribution in [3.05, 3.63) is 29.3 Å². The van der Waals surface area contributed by atoms with Gasteiger partial charge in [-0.1, -0.05) is 24.1 Å². The molecule has 0 bridgehead atoms.